The highest BCUT2D eigenvalue weighted by atomic mass is 16.7. The van der Waals surface area contributed by atoms with Gasteiger partial charge in [-0.1, -0.05) is 152 Å². The molecule has 1 aliphatic rings. The van der Waals surface area contributed by atoms with Crippen LogP contribution in [0.4, 0.5) is 0 Å². The van der Waals surface area contributed by atoms with Crippen molar-refractivity contribution in [2.45, 2.75) is 63.2 Å². The van der Waals surface area contributed by atoms with Gasteiger partial charge in [0.25, 0.3) is 0 Å². The molecule has 0 aliphatic carbocycles. The first-order valence-electron chi connectivity index (χ1n) is 16.8. The van der Waals surface area contributed by atoms with Crippen molar-refractivity contribution in [2.24, 2.45) is 0 Å². The number of benzene rings is 5. The first kappa shape index (κ1) is 34.7. The van der Waals surface area contributed by atoms with Crippen LogP contribution in [0.25, 0.3) is 0 Å². The zero-order valence-corrected chi connectivity index (χ0v) is 27.6. The van der Waals surface area contributed by atoms with Crippen LogP contribution in [0.1, 0.15) is 27.8 Å². The van der Waals surface area contributed by atoms with Gasteiger partial charge in [0.15, 0.2) is 0 Å². The van der Waals surface area contributed by atoms with E-state index in [1.807, 2.05) is 152 Å². The van der Waals surface area contributed by atoms with E-state index >= 15 is 0 Å². The van der Waals surface area contributed by atoms with Crippen molar-refractivity contribution in [3.05, 3.63) is 179 Å². The summed E-state index contributed by atoms with van der Waals surface area (Å²) in [5.41, 5.74) is 4.99. The summed E-state index contributed by atoms with van der Waals surface area (Å²) in [4.78, 5) is 0. The van der Waals surface area contributed by atoms with Gasteiger partial charge in [-0.05, 0) is 27.8 Å². The molecule has 49 heavy (non-hydrogen) atoms. The molecule has 5 aromatic carbocycles. The molecule has 1 aliphatic heterocycles. The van der Waals surface area contributed by atoms with E-state index in [1.54, 1.807) is 0 Å². The van der Waals surface area contributed by atoms with Crippen molar-refractivity contribution in [1.29, 1.82) is 0 Å². The molecule has 0 aromatic heterocycles. The molecule has 1 N–H and O–H groups in total. The van der Waals surface area contributed by atoms with Crippen LogP contribution in [0.15, 0.2) is 152 Å². The lowest BCUT2D eigenvalue weighted by atomic mass is 9.98. The Kier molecular flexibility index (Phi) is 12.7. The Morgan fingerprint density at radius 3 is 1.22 bits per heavy atom. The second kappa shape index (κ2) is 18.0. The number of hydrogen-bond donors (Lipinski definition) is 1. The highest BCUT2D eigenvalue weighted by molar-refractivity contribution is 5.17. The van der Waals surface area contributed by atoms with Gasteiger partial charge in [0, 0.05) is 0 Å². The number of ether oxygens (including phenoxy) is 6. The van der Waals surface area contributed by atoms with Crippen LogP contribution in [0.5, 0.6) is 0 Å². The maximum atomic E-state index is 11.6. The monoisotopic (exact) mass is 660 g/mol. The fraction of sp³-hybridized carbons (Fsp3) is 0.286. The molecule has 7 heteroatoms. The fourth-order valence-electron chi connectivity index (χ4n) is 5.66. The maximum absolute atomic E-state index is 11.6. The van der Waals surface area contributed by atoms with Crippen molar-refractivity contribution < 1.29 is 33.5 Å². The van der Waals surface area contributed by atoms with Gasteiger partial charge >= 0.3 is 0 Å². The second-order valence-corrected chi connectivity index (χ2v) is 12.2. The van der Waals surface area contributed by atoms with E-state index in [4.69, 9.17) is 28.4 Å². The lowest BCUT2D eigenvalue weighted by molar-refractivity contribution is -0.232. The second-order valence-electron chi connectivity index (χ2n) is 12.2. The van der Waals surface area contributed by atoms with E-state index in [0.29, 0.717) is 13.2 Å². The molecule has 7 nitrogen and oxygen atoms in total. The van der Waals surface area contributed by atoms with E-state index in [2.05, 4.69) is 0 Å². The summed E-state index contributed by atoms with van der Waals surface area (Å²) in [6.07, 6.45) is -3.08. The van der Waals surface area contributed by atoms with Crippen molar-refractivity contribution in [1.82, 2.24) is 0 Å². The summed E-state index contributed by atoms with van der Waals surface area (Å²) in [6, 6.07) is 49.8. The van der Waals surface area contributed by atoms with Crippen LogP contribution in [0.2, 0.25) is 0 Å². The van der Waals surface area contributed by atoms with E-state index < -0.39 is 30.2 Å². The lowest BCUT2D eigenvalue weighted by Crippen LogP contribution is -2.55. The maximum Gasteiger partial charge on any atom is 0.219 e. The summed E-state index contributed by atoms with van der Waals surface area (Å²) >= 11 is 0. The van der Waals surface area contributed by atoms with Gasteiger partial charge in [0.1, 0.15) is 31.0 Å². The Morgan fingerprint density at radius 1 is 0.469 bits per heavy atom. The number of epoxide rings is 1. The number of rotatable bonds is 20. The summed E-state index contributed by atoms with van der Waals surface area (Å²) in [5, 5.41) is 11.6. The van der Waals surface area contributed by atoms with Gasteiger partial charge in [-0.25, -0.2) is 0 Å². The molecule has 1 fully saturated rings. The van der Waals surface area contributed by atoms with Crippen LogP contribution >= 0.6 is 0 Å². The minimum Gasteiger partial charge on any atom is -0.374 e. The van der Waals surface area contributed by atoms with Gasteiger partial charge < -0.3 is 33.5 Å². The quantitative estimate of drug-likeness (QED) is 0.0881. The smallest absolute Gasteiger partial charge is 0.219 e. The zero-order valence-electron chi connectivity index (χ0n) is 27.6. The predicted molar refractivity (Wildman–Crippen MR) is 187 cm³/mol. The highest BCUT2D eigenvalue weighted by Crippen LogP contribution is 2.36. The minimum absolute atomic E-state index is 0.114. The zero-order chi connectivity index (χ0) is 33.6. The molecule has 5 aromatic rings. The SMILES string of the molecule is OC1([C@@H](OCc2ccccc2)[C@@H](OCc2ccccc2)[C@H](OCc2ccccc2)[C@@H](COCc2ccccc2)OCc2ccccc2)CO1. The average molecular weight is 661 g/mol. The summed E-state index contributed by atoms with van der Waals surface area (Å²) in [7, 11) is 0. The molecular weight excluding hydrogens is 616 g/mol. The summed E-state index contributed by atoms with van der Waals surface area (Å²) < 4.78 is 38.8. The van der Waals surface area contributed by atoms with Crippen LogP contribution in [-0.4, -0.2) is 48.5 Å². The predicted octanol–water partition coefficient (Wildman–Crippen LogP) is 7.26. The molecule has 1 heterocycles. The number of aliphatic hydroxyl groups is 1. The standard InChI is InChI=1S/C42H44O7/c43-42(32-49-42)41(48-30-37-24-14-5-15-25-37)40(47-29-36-22-12-4-13-23-36)39(46-28-35-20-10-3-11-21-35)38(45-27-34-18-8-2-9-19-34)31-44-26-33-16-6-1-7-17-33/h1-25,38-41,43H,26-32H2/t38-,39-,40+,41+,42?/m1/s1. The normalized spacial score (nSPS) is 18.0. The molecule has 0 amide bonds. The van der Waals surface area contributed by atoms with Gasteiger partial charge in [-0.3, -0.25) is 0 Å². The van der Waals surface area contributed by atoms with Crippen molar-refractivity contribution in [3.8, 4) is 0 Å². The fourth-order valence-corrected chi connectivity index (χ4v) is 5.66. The highest BCUT2D eigenvalue weighted by Gasteiger charge is 2.57. The minimum atomic E-state index is -1.56. The Hall–Kier alpha value is -4.18. The van der Waals surface area contributed by atoms with Crippen LogP contribution in [-0.2, 0) is 61.5 Å². The van der Waals surface area contributed by atoms with Gasteiger partial charge in [0.2, 0.25) is 5.79 Å². The first-order chi connectivity index (χ1) is 24.2. The van der Waals surface area contributed by atoms with Gasteiger partial charge in [0.05, 0.1) is 39.6 Å². The van der Waals surface area contributed by atoms with Crippen LogP contribution in [0.3, 0.4) is 0 Å². The van der Waals surface area contributed by atoms with E-state index in [1.165, 1.54) is 0 Å². The molecular formula is C42H44O7. The first-order valence-corrected chi connectivity index (χ1v) is 16.8. The van der Waals surface area contributed by atoms with E-state index in [0.717, 1.165) is 27.8 Å². The molecule has 0 spiro atoms. The lowest BCUT2D eigenvalue weighted by Gasteiger charge is -2.38. The molecule has 5 atom stereocenters. The molecule has 6 rings (SSSR count). The van der Waals surface area contributed by atoms with E-state index in [-0.39, 0.29) is 33.0 Å². The molecule has 254 valence electrons. The third-order valence-corrected chi connectivity index (χ3v) is 8.42. The summed E-state index contributed by atoms with van der Waals surface area (Å²) in [6.45, 7) is 1.83. The Balaban J connectivity index is 1.34. The molecule has 1 unspecified atom stereocenters. The Bertz CT molecular complexity index is 1620. The largest absolute Gasteiger partial charge is 0.374 e. The van der Waals surface area contributed by atoms with Crippen LogP contribution < -0.4 is 0 Å². The van der Waals surface area contributed by atoms with Crippen molar-refractivity contribution in [3.63, 3.8) is 0 Å². The molecule has 0 saturated carbocycles. The van der Waals surface area contributed by atoms with Gasteiger partial charge in [-0.15, -0.1) is 0 Å². The summed E-state index contributed by atoms with van der Waals surface area (Å²) in [5.74, 6) is -1.56. The topological polar surface area (TPSA) is 78.9 Å². The molecule has 0 bridgehead atoms. The Labute approximate surface area is 289 Å². The van der Waals surface area contributed by atoms with Crippen LogP contribution in [0, 0.1) is 0 Å². The average Bonchev–Trinajstić information content (AvgIpc) is 3.91. The van der Waals surface area contributed by atoms with E-state index in [9.17, 15) is 5.11 Å². The molecule has 0 radical (unpaired) electrons. The third-order valence-electron chi connectivity index (χ3n) is 8.42. The number of hydrogen-bond acceptors (Lipinski definition) is 7. The Morgan fingerprint density at radius 2 is 0.816 bits per heavy atom. The van der Waals surface area contributed by atoms with Gasteiger partial charge in [-0.2, -0.15) is 0 Å². The third kappa shape index (κ3) is 10.7. The van der Waals surface area contributed by atoms with Crippen molar-refractivity contribution >= 4 is 0 Å². The molecule has 1 saturated heterocycles. The van der Waals surface area contributed by atoms with Crippen molar-refractivity contribution in [2.75, 3.05) is 13.2 Å².